The van der Waals surface area contributed by atoms with Gasteiger partial charge in [-0.15, -0.1) is 11.4 Å². The van der Waals surface area contributed by atoms with Gasteiger partial charge in [0.25, 0.3) is 0 Å². The first-order valence-electron chi connectivity index (χ1n) is 2.77. The minimum atomic E-state index is 0. The van der Waals surface area contributed by atoms with Crippen LogP contribution in [0.15, 0.2) is 6.20 Å². The number of aryl methyl sites for hydroxylation is 1. The average molecular weight is 214 g/mol. The Bertz CT molecular complexity index is 128. The maximum atomic E-state index is 3.53. The van der Waals surface area contributed by atoms with Gasteiger partial charge in [-0.3, -0.25) is 4.68 Å². The predicted molar refractivity (Wildman–Crippen MR) is 35.5 cm³/mol. The van der Waals surface area contributed by atoms with Crippen LogP contribution in [0, 0.1) is 12.6 Å². The van der Waals surface area contributed by atoms with Crippen molar-refractivity contribution in [2.45, 2.75) is 13.8 Å². The van der Waals surface area contributed by atoms with Gasteiger partial charge in [0.15, 0.2) is 0 Å². The molecule has 0 fully saturated rings. The predicted octanol–water partition coefficient (Wildman–Crippen LogP) is 0.843. The van der Waals surface area contributed by atoms with Crippen LogP contribution in [-0.2, 0) is 39.8 Å². The van der Waals surface area contributed by atoms with E-state index in [0.717, 1.165) is 0 Å². The number of hydrogen-bond donors (Lipinski definition) is 0. The Balaban J connectivity index is 0. The topological polar surface area (TPSA) is 30.7 Å². The van der Waals surface area contributed by atoms with E-state index in [-0.39, 0.29) is 32.7 Å². The fourth-order valence-electron chi connectivity index (χ4n) is 0.232. The van der Waals surface area contributed by atoms with E-state index in [1.807, 2.05) is 20.3 Å². The fourth-order valence-corrected chi connectivity index (χ4v) is 0.232. The zero-order chi connectivity index (χ0) is 7.11. The average Bonchev–Trinajstić information content (AvgIpc) is 2.20. The molecule has 1 aromatic heterocycles. The molecule has 0 atom stereocenters. The molecule has 1 heterocycles. The van der Waals surface area contributed by atoms with Crippen molar-refractivity contribution in [3.63, 3.8) is 0 Å². The van der Waals surface area contributed by atoms with Gasteiger partial charge in [-0.1, -0.05) is 0 Å². The van der Waals surface area contributed by atoms with Crippen LogP contribution in [0.5, 0.6) is 0 Å². The van der Waals surface area contributed by atoms with Gasteiger partial charge in [-0.25, -0.2) is 0 Å². The summed E-state index contributed by atoms with van der Waals surface area (Å²) in [5, 5.41) is 6.94. The monoisotopic (exact) mass is 214 g/mol. The fraction of sp³-hybridized carbons (Fsp3) is 0.500. The smallest absolute Gasteiger partial charge is 0.0280 e. The zero-order valence-electron chi connectivity index (χ0n) is 6.57. The molecule has 0 aliphatic rings. The Labute approximate surface area is 87.1 Å². The third-order valence-corrected chi connectivity index (χ3v) is 0.488. The van der Waals surface area contributed by atoms with Crippen molar-refractivity contribution >= 4 is 0 Å². The molecule has 0 N–H and O–H groups in total. The van der Waals surface area contributed by atoms with Crippen molar-refractivity contribution in [3.05, 3.63) is 18.8 Å². The van der Waals surface area contributed by atoms with Crippen molar-refractivity contribution in [3.8, 4) is 0 Å². The van der Waals surface area contributed by atoms with Gasteiger partial charge in [-0.2, -0.15) is 13.8 Å². The summed E-state index contributed by atoms with van der Waals surface area (Å²) >= 11 is 0. The largest absolute Gasteiger partial charge is 0.352 e. The first-order chi connectivity index (χ1) is 4.31. The van der Waals surface area contributed by atoms with E-state index in [2.05, 4.69) is 16.5 Å². The van der Waals surface area contributed by atoms with Crippen molar-refractivity contribution < 1.29 is 32.7 Å². The molecule has 0 aliphatic carbocycles. The third-order valence-electron chi connectivity index (χ3n) is 0.488. The van der Waals surface area contributed by atoms with Crippen LogP contribution in [0.2, 0.25) is 0 Å². The van der Waals surface area contributed by atoms with Gasteiger partial charge in [-0.05, 0) is 0 Å². The van der Waals surface area contributed by atoms with Gasteiger partial charge < -0.3 is 17.7 Å². The van der Waals surface area contributed by atoms with Gasteiger partial charge in [0, 0.05) is 39.8 Å². The molecule has 55 valence electrons. The standard InChI is InChI=1S/C3H4N3.C3H7.Y/c1-6-3-2-4-5-6;1-3-2;/h3H,1H3;3H,1-2H3;/q2*-1;. The van der Waals surface area contributed by atoms with Crippen LogP contribution >= 0.6 is 0 Å². The Morgan fingerprint density at radius 3 is 2.10 bits per heavy atom. The molecular weight excluding hydrogens is 203 g/mol. The second-order valence-corrected chi connectivity index (χ2v) is 1.60. The molecule has 10 heavy (non-hydrogen) atoms. The summed E-state index contributed by atoms with van der Waals surface area (Å²) in [4.78, 5) is 0. The van der Waals surface area contributed by atoms with E-state index in [9.17, 15) is 0 Å². The summed E-state index contributed by atoms with van der Waals surface area (Å²) in [6.45, 7) is 4.00. The van der Waals surface area contributed by atoms with Crippen molar-refractivity contribution in [2.75, 3.05) is 0 Å². The maximum absolute atomic E-state index is 3.53. The summed E-state index contributed by atoms with van der Waals surface area (Å²) in [7, 11) is 1.80. The van der Waals surface area contributed by atoms with Gasteiger partial charge in [0.2, 0.25) is 0 Å². The molecule has 1 radical (unpaired) electrons. The molecule has 0 saturated carbocycles. The van der Waals surface area contributed by atoms with Crippen molar-refractivity contribution in [1.82, 2.24) is 15.0 Å². The van der Waals surface area contributed by atoms with Gasteiger partial charge >= 0.3 is 0 Å². The van der Waals surface area contributed by atoms with Crippen LogP contribution < -0.4 is 0 Å². The number of hydrogen-bond acceptors (Lipinski definition) is 2. The molecule has 3 nitrogen and oxygen atoms in total. The quantitative estimate of drug-likeness (QED) is 0.599. The van der Waals surface area contributed by atoms with Crippen LogP contribution in [0.25, 0.3) is 0 Å². The molecular formula is C6H11N3Y-2. The first-order valence-corrected chi connectivity index (χ1v) is 2.77. The third kappa shape index (κ3) is 8.24. The van der Waals surface area contributed by atoms with Crippen LogP contribution in [0.1, 0.15) is 13.8 Å². The Morgan fingerprint density at radius 1 is 1.50 bits per heavy atom. The molecule has 4 heteroatoms. The summed E-state index contributed by atoms with van der Waals surface area (Å²) in [6.07, 6.45) is 6.18. The van der Waals surface area contributed by atoms with Crippen LogP contribution in [-0.4, -0.2) is 15.0 Å². The van der Waals surface area contributed by atoms with E-state index in [1.165, 1.54) is 0 Å². The molecule has 0 saturated heterocycles. The Hall–Kier alpha value is 0.244. The molecule has 0 aliphatic heterocycles. The van der Waals surface area contributed by atoms with Crippen molar-refractivity contribution in [1.29, 1.82) is 0 Å². The summed E-state index contributed by atoms with van der Waals surface area (Å²) in [5.41, 5.74) is 0. The number of aromatic nitrogens is 3. The normalized spacial score (nSPS) is 7.10. The summed E-state index contributed by atoms with van der Waals surface area (Å²) in [6, 6.07) is 0. The first kappa shape index (κ1) is 12.9. The minimum Gasteiger partial charge on any atom is -0.352 e. The Kier molecular flexibility index (Phi) is 11.9. The molecule has 0 amide bonds. The van der Waals surface area contributed by atoms with E-state index < -0.39 is 0 Å². The maximum Gasteiger partial charge on any atom is 0.0280 e. The second-order valence-electron chi connectivity index (χ2n) is 1.60. The van der Waals surface area contributed by atoms with Gasteiger partial charge in [0.05, 0.1) is 0 Å². The second kappa shape index (κ2) is 9.24. The zero-order valence-corrected chi connectivity index (χ0v) is 9.41. The minimum absolute atomic E-state index is 0. The van der Waals surface area contributed by atoms with Crippen LogP contribution in [0.4, 0.5) is 0 Å². The summed E-state index contributed by atoms with van der Waals surface area (Å²) in [5.74, 6) is 0. The molecule has 0 aromatic carbocycles. The molecule has 0 spiro atoms. The molecule has 1 rings (SSSR count). The van der Waals surface area contributed by atoms with E-state index >= 15 is 0 Å². The summed E-state index contributed by atoms with van der Waals surface area (Å²) < 4.78 is 1.58. The Morgan fingerprint density at radius 2 is 2.00 bits per heavy atom. The van der Waals surface area contributed by atoms with E-state index in [1.54, 1.807) is 17.9 Å². The van der Waals surface area contributed by atoms with Gasteiger partial charge in [0.1, 0.15) is 0 Å². The van der Waals surface area contributed by atoms with Crippen LogP contribution in [0.3, 0.4) is 0 Å². The molecule has 0 bridgehead atoms. The van der Waals surface area contributed by atoms with E-state index in [4.69, 9.17) is 0 Å². The van der Waals surface area contributed by atoms with E-state index in [0.29, 0.717) is 0 Å². The van der Waals surface area contributed by atoms with Crippen molar-refractivity contribution in [2.24, 2.45) is 7.05 Å². The molecule has 1 aromatic rings. The number of rotatable bonds is 0. The molecule has 0 unspecified atom stereocenters. The number of nitrogens with zero attached hydrogens (tertiary/aromatic N) is 3. The SMILES string of the molecule is C[CH-]C.Cn1c[c-]nn1.[Y].